The number of fused-ring (bicyclic) bond motifs is 1. The summed E-state index contributed by atoms with van der Waals surface area (Å²) >= 11 is 1.54. The number of nitrogens with one attached hydrogen (secondary N) is 1. The molecule has 2 heterocycles. The monoisotopic (exact) mass is 580 g/mol. The van der Waals surface area contributed by atoms with Crippen molar-refractivity contribution < 1.29 is 14.5 Å². The molecule has 4 aromatic rings. The van der Waals surface area contributed by atoms with Crippen molar-refractivity contribution in [2.24, 2.45) is 4.99 Å². The van der Waals surface area contributed by atoms with Crippen molar-refractivity contribution in [3.63, 3.8) is 0 Å². The Morgan fingerprint density at radius 1 is 1.02 bits per heavy atom. The number of non-ortho nitro benzene ring substituents is 1. The predicted octanol–water partition coefficient (Wildman–Crippen LogP) is 6.39. The molecule has 1 N–H and O–H groups in total. The van der Waals surface area contributed by atoms with Crippen LogP contribution in [0.25, 0.3) is 0 Å². The van der Waals surface area contributed by atoms with E-state index >= 15 is 0 Å². The molecule has 9 heteroatoms. The first-order valence-electron chi connectivity index (χ1n) is 13.9. The van der Waals surface area contributed by atoms with E-state index in [1.165, 1.54) is 39.5 Å². The zero-order chi connectivity index (χ0) is 29.8. The van der Waals surface area contributed by atoms with Crippen molar-refractivity contribution in [1.29, 1.82) is 0 Å². The van der Waals surface area contributed by atoms with Gasteiger partial charge in [0.25, 0.3) is 11.6 Å². The molecular formula is C33H32N4O4S. The number of aliphatic imine (C=N–C) groups is 1. The highest BCUT2D eigenvalue weighted by molar-refractivity contribution is 7.10. The minimum atomic E-state index is -0.723. The second-order valence-corrected chi connectivity index (χ2v) is 11.3. The highest BCUT2D eigenvalue weighted by Crippen LogP contribution is 2.32. The van der Waals surface area contributed by atoms with Crippen molar-refractivity contribution in [2.75, 3.05) is 17.3 Å². The van der Waals surface area contributed by atoms with E-state index in [0.29, 0.717) is 35.5 Å². The zero-order valence-corrected chi connectivity index (χ0v) is 24.6. The topological polar surface area (TPSA) is 105 Å². The molecule has 0 spiro atoms. The third kappa shape index (κ3) is 6.16. The minimum absolute atomic E-state index is 0.0993. The molecule has 5 rings (SSSR count). The molecule has 0 radical (unpaired) electrons. The number of benzene rings is 3. The van der Waals surface area contributed by atoms with Gasteiger partial charge in [-0.05, 0) is 59.2 Å². The first kappa shape index (κ1) is 28.9. The fraction of sp³-hybridized carbons (Fsp3) is 0.242. The van der Waals surface area contributed by atoms with Gasteiger partial charge in [-0.1, -0.05) is 50.2 Å². The Bertz CT molecular complexity index is 1660. The first-order valence-corrected chi connectivity index (χ1v) is 14.8. The molecule has 214 valence electrons. The van der Waals surface area contributed by atoms with Gasteiger partial charge in [-0.3, -0.25) is 24.7 Å². The lowest BCUT2D eigenvalue weighted by Gasteiger charge is -2.20. The number of nitro groups is 1. The van der Waals surface area contributed by atoms with Gasteiger partial charge in [-0.15, -0.1) is 11.3 Å². The number of aryl methyl sites for hydroxylation is 2. The highest BCUT2D eigenvalue weighted by Gasteiger charge is 2.31. The molecule has 0 aliphatic carbocycles. The van der Waals surface area contributed by atoms with Crippen LogP contribution >= 0.6 is 11.3 Å². The second kappa shape index (κ2) is 12.5. The van der Waals surface area contributed by atoms with E-state index in [9.17, 15) is 19.7 Å². The fourth-order valence-electron chi connectivity index (χ4n) is 5.29. The van der Waals surface area contributed by atoms with Crippen molar-refractivity contribution in [1.82, 2.24) is 0 Å². The Morgan fingerprint density at radius 3 is 2.45 bits per heavy atom. The van der Waals surface area contributed by atoms with Crippen LogP contribution in [0.15, 0.2) is 83.2 Å². The molecule has 0 saturated heterocycles. The van der Waals surface area contributed by atoms with Gasteiger partial charge in [-0.25, -0.2) is 0 Å². The Hall–Kier alpha value is -4.63. The van der Waals surface area contributed by atoms with E-state index in [-0.39, 0.29) is 17.5 Å². The van der Waals surface area contributed by atoms with Crippen LogP contribution in [0.4, 0.5) is 17.1 Å². The molecule has 1 atom stereocenters. The van der Waals surface area contributed by atoms with Crippen LogP contribution in [-0.4, -0.2) is 35.5 Å². The number of benzodiazepines with no additional fused rings is 1. The molecule has 1 unspecified atom stereocenters. The van der Waals surface area contributed by atoms with Crippen LogP contribution in [-0.2, 0) is 35.3 Å². The maximum absolute atomic E-state index is 13.8. The van der Waals surface area contributed by atoms with Crippen LogP contribution in [0.5, 0.6) is 0 Å². The lowest BCUT2D eigenvalue weighted by Crippen LogP contribution is -2.36. The van der Waals surface area contributed by atoms with Crippen molar-refractivity contribution in [2.45, 2.75) is 45.6 Å². The van der Waals surface area contributed by atoms with Gasteiger partial charge in [-0.2, -0.15) is 0 Å². The van der Waals surface area contributed by atoms with Gasteiger partial charge in [0, 0.05) is 47.3 Å². The summed E-state index contributed by atoms with van der Waals surface area (Å²) in [7, 11) is 1.64. The third-order valence-electron chi connectivity index (χ3n) is 7.53. The van der Waals surface area contributed by atoms with Gasteiger partial charge in [0.15, 0.2) is 0 Å². The highest BCUT2D eigenvalue weighted by atomic mass is 32.1. The van der Waals surface area contributed by atoms with E-state index < -0.39 is 11.0 Å². The summed E-state index contributed by atoms with van der Waals surface area (Å²) in [5.74, 6) is -0.343. The Kier molecular flexibility index (Phi) is 8.59. The van der Waals surface area contributed by atoms with Gasteiger partial charge in [0.2, 0.25) is 5.91 Å². The lowest BCUT2D eigenvalue weighted by atomic mass is 9.96. The molecule has 0 saturated carbocycles. The first-order chi connectivity index (χ1) is 20.3. The Morgan fingerprint density at radius 2 is 1.79 bits per heavy atom. The molecule has 1 aliphatic heterocycles. The molecule has 3 aromatic carbocycles. The summed E-state index contributed by atoms with van der Waals surface area (Å²) in [6.45, 7) is 4.25. The smallest absolute Gasteiger partial charge is 0.271 e. The molecule has 2 amide bonds. The van der Waals surface area contributed by atoms with Crippen LogP contribution in [0.3, 0.4) is 0 Å². The van der Waals surface area contributed by atoms with Gasteiger partial charge >= 0.3 is 0 Å². The van der Waals surface area contributed by atoms with E-state index in [4.69, 9.17) is 4.99 Å². The third-order valence-corrected chi connectivity index (χ3v) is 8.40. The standard InChI is InChI=1S/C33H32N4O4S/c1-4-22-9-8-21(17-23(22)5-2)18-29-33(39)36(3)30-19-26(37(40)41)14-15-28(30)32(35-29)24-10-12-25(13-11-24)34-31(38)20-27-7-6-16-42-27/h6-17,19,29H,4-5,18,20H2,1-3H3,(H,34,38). The van der Waals surface area contributed by atoms with Crippen LogP contribution in [0, 0.1) is 10.1 Å². The number of nitrogens with zero attached hydrogens (tertiary/aromatic N) is 3. The molecule has 8 nitrogen and oxygen atoms in total. The average Bonchev–Trinajstić information content (AvgIpc) is 3.48. The number of anilines is 2. The molecule has 0 bridgehead atoms. The summed E-state index contributed by atoms with van der Waals surface area (Å²) < 4.78 is 0. The average molecular weight is 581 g/mol. The van der Waals surface area contributed by atoms with Crippen molar-refractivity contribution in [3.8, 4) is 0 Å². The summed E-state index contributed by atoms with van der Waals surface area (Å²) in [6.07, 6.45) is 2.54. The van der Waals surface area contributed by atoms with E-state index in [1.807, 2.05) is 29.6 Å². The molecule has 1 aromatic heterocycles. The van der Waals surface area contributed by atoms with Gasteiger partial charge < -0.3 is 10.2 Å². The van der Waals surface area contributed by atoms with Crippen molar-refractivity contribution in [3.05, 3.63) is 121 Å². The largest absolute Gasteiger partial charge is 0.326 e. The number of likely N-dealkylation sites (N-methyl/N-ethyl adjacent to an activating group) is 1. The number of hydrogen-bond donors (Lipinski definition) is 1. The number of nitro benzene ring substituents is 1. The normalized spacial score (nSPS) is 14.6. The maximum Gasteiger partial charge on any atom is 0.271 e. The lowest BCUT2D eigenvalue weighted by molar-refractivity contribution is -0.384. The van der Waals surface area contributed by atoms with Crippen LogP contribution < -0.4 is 10.2 Å². The summed E-state index contributed by atoms with van der Waals surface area (Å²) in [6, 6.07) is 21.3. The fourth-order valence-corrected chi connectivity index (χ4v) is 5.99. The molecular weight excluding hydrogens is 548 g/mol. The van der Waals surface area contributed by atoms with Crippen molar-refractivity contribution >= 4 is 45.9 Å². The number of amides is 2. The summed E-state index contributed by atoms with van der Waals surface area (Å²) in [4.78, 5) is 44.9. The Balaban J connectivity index is 1.51. The molecule has 1 aliphatic rings. The Labute approximate surface area is 248 Å². The number of carbonyl (C=O) groups is 2. The van der Waals surface area contributed by atoms with Crippen LogP contribution in [0.1, 0.15) is 46.5 Å². The van der Waals surface area contributed by atoms with Gasteiger partial charge in [0.05, 0.1) is 22.7 Å². The quantitative estimate of drug-likeness (QED) is 0.183. The summed E-state index contributed by atoms with van der Waals surface area (Å²) in [5.41, 5.74) is 6.47. The predicted molar refractivity (Wildman–Crippen MR) is 168 cm³/mol. The number of rotatable bonds is 9. The maximum atomic E-state index is 13.8. The molecule has 0 fully saturated rings. The summed E-state index contributed by atoms with van der Waals surface area (Å²) in [5, 5.41) is 16.5. The molecule has 42 heavy (non-hydrogen) atoms. The van der Waals surface area contributed by atoms with E-state index in [1.54, 1.807) is 25.2 Å². The van der Waals surface area contributed by atoms with Gasteiger partial charge in [0.1, 0.15) is 6.04 Å². The van der Waals surface area contributed by atoms with E-state index in [2.05, 4.69) is 37.4 Å². The SMILES string of the molecule is CCc1ccc(CC2N=C(c3ccc(NC(=O)Cc4cccs4)cc3)c3ccc([N+](=O)[O-])cc3N(C)C2=O)cc1CC. The number of carbonyl (C=O) groups excluding carboxylic acids is 2. The minimum Gasteiger partial charge on any atom is -0.326 e. The zero-order valence-electron chi connectivity index (χ0n) is 23.8. The van der Waals surface area contributed by atoms with Crippen LogP contribution in [0.2, 0.25) is 0 Å². The number of thiophene rings is 1. The van der Waals surface area contributed by atoms with E-state index in [0.717, 1.165) is 28.8 Å². The second-order valence-electron chi connectivity index (χ2n) is 10.2. The number of hydrogen-bond acceptors (Lipinski definition) is 6.